The van der Waals surface area contributed by atoms with Gasteiger partial charge in [0.25, 0.3) is 0 Å². The Balaban J connectivity index is 2.08. The van der Waals surface area contributed by atoms with Crippen molar-refractivity contribution < 1.29 is 0 Å². The monoisotopic (exact) mass is 233 g/mol. The highest BCUT2D eigenvalue weighted by molar-refractivity contribution is 5.35. The van der Waals surface area contributed by atoms with Gasteiger partial charge in [0.2, 0.25) is 0 Å². The lowest BCUT2D eigenvalue weighted by atomic mass is 10.1. The SMILES string of the molecule is CNc1ccc([C@H]2CCCN2CC(C)C)cn1. The van der Waals surface area contributed by atoms with Crippen molar-refractivity contribution in [2.24, 2.45) is 5.92 Å². The fourth-order valence-corrected chi connectivity index (χ4v) is 2.64. The molecule has 1 atom stereocenters. The smallest absolute Gasteiger partial charge is 0.125 e. The highest BCUT2D eigenvalue weighted by atomic mass is 15.2. The summed E-state index contributed by atoms with van der Waals surface area (Å²) in [6.07, 6.45) is 4.60. The Morgan fingerprint density at radius 3 is 2.88 bits per heavy atom. The fourth-order valence-electron chi connectivity index (χ4n) is 2.64. The van der Waals surface area contributed by atoms with Crippen LogP contribution in [0, 0.1) is 5.92 Å². The van der Waals surface area contributed by atoms with Crippen molar-refractivity contribution in [2.45, 2.75) is 32.7 Å². The molecule has 0 aromatic carbocycles. The molecule has 3 heteroatoms. The Hall–Kier alpha value is -1.09. The zero-order valence-electron chi connectivity index (χ0n) is 11.1. The minimum atomic E-state index is 0.579. The van der Waals surface area contributed by atoms with Gasteiger partial charge in [0.1, 0.15) is 5.82 Å². The molecule has 0 amide bonds. The zero-order valence-corrected chi connectivity index (χ0v) is 11.1. The van der Waals surface area contributed by atoms with Crippen molar-refractivity contribution in [3.63, 3.8) is 0 Å². The molecule has 0 unspecified atom stereocenters. The van der Waals surface area contributed by atoms with E-state index < -0.39 is 0 Å². The topological polar surface area (TPSA) is 28.2 Å². The average molecular weight is 233 g/mol. The summed E-state index contributed by atoms with van der Waals surface area (Å²) in [5, 5.41) is 3.06. The van der Waals surface area contributed by atoms with Gasteiger partial charge in [0.05, 0.1) is 0 Å². The van der Waals surface area contributed by atoms with Crippen LogP contribution in [-0.2, 0) is 0 Å². The maximum Gasteiger partial charge on any atom is 0.125 e. The van der Waals surface area contributed by atoms with E-state index in [2.05, 4.69) is 41.2 Å². The maximum atomic E-state index is 4.42. The number of aromatic nitrogens is 1. The third-order valence-corrected chi connectivity index (χ3v) is 3.39. The number of likely N-dealkylation sites (tertiary alicyclic amines) is 1. The van der Waals surface area contributed by atoms with E-state index in [0.717, 1.165) is 11.7 Å². The first kappa shape index (κ1) is 12.4. The lowest BCUT2D eigenvalue weighted by Crippen LogP contribution is -2.27. The molecule has 17 heavy (non-hydrogen) atoms. The van der Waals surface area contributed by atoms with Gasteiger partial charge in [-0.2, -0.15) is 0 Å². The standard InChI is InChI=1S/C14H23N3/c1-11(2)10-17-8-4-5-13(17)12-6-7-14(15-3)16-9-12/h6-7,9,11,13H,4-5,8,10H2,1-3H3,(H,15,16)/t13-/m1/s1. The second-order valence-electron chi connectivity index (χ2n) is 5.27. The third-order valence-electron chi connectivity index (χ3n) is 3.39. The molecule has 1 aromatic heterocycles. The average Bonchev–Trinajstić information content (AvgIpc) is 2.76. The van der Waals surface area contributed by atoms with E-state index in [9.17, 15) is 0 Å². The highest BCUT2D eigenvalue weighted by Gasteiger charge is 2.26. The minimum Gasteiger partial charge on any atom is -0.373 e. The number of hydrogen-bond donors (Lipinski definition) is 1. The molecule has 2 heterocycles. The van der Waals surface area contributed by atoms with E-state index in [-0.39, 0.29) is 0 Å². The molecule has 1 aliphatic rings. The number of nitrogens with one attached hydrogen (secondary N) is 1. The van der Waals surface area contributed by atoms with Crippen LogP contribution in [0.2, 0.25) is 0 Å². The van der Waals surface area contributed by atoms with E-state index in [1.54, 1.807) is 0 Å². The molecule has 2 rings (SSSR count). The highest BCUT2D eigenvalue weighted by Crippen LogP contribution is 2.32. The fraction of sp³-hybridized carbons (Fsp3) is 0.643. The summed E-state index contributed by atoms with van der Waals surface area (Å²) in [5.74, 6) is 1.68. The second-order valence-corrected chi connectivity index (χ2v) is 5.27. The summed E-state index contributed by atoms with van der Waals surface area (Å²) >= 11 is 0. The van der Waals surface area contributed by atoms with Gasteiger partial charge in [-0.25, -0.2) is 4.98 Å². The molecule has 1 aliphatic heterocycles. The summed E-state index contributed by atoms with van der Waals surface area (Å²) in [5.41, 5.74) is 1.36. The zero-order chi connectivity index (χ0) is 12.3. The van der Waals surface area contributed by atoms with E-state index in [0.29, 0.717) is 6.04 Å². The number of hydrogen-bond acceptors (Lipinski definition) is 3. The Bertz CT molecular complexity index is 345. The molecular formula is C14H23N3. The lowest BCUT2D eigenvalue weighted by Gasteiger charge is -2.26. The van der Waals surface area contributed by atoms with E-state index >= 15 is 0 Å². The van der Waals surface area contributed by atoms with Crippen molar-refractivity contribution >= 4 is 5.82 Å². The summed E-state index contributed by atoms with van der Waals surface area (Å²) in [4.78, 5) is 7.02. The summed E-state index contributed by atoms with van der Waals surface area (Å²) < 4.78 is 0. The minimum absolute atomic E-state index is 0.579. The number of anilines is 1. The van der Waals surface area contributed by atoms with Gasteiger partial charge in [-0.3, -0.25) is 4.90 Å². The van der Waals surface area contributed by atoms with Crippen LogP contribution in [0.15, 0.2) is 18.3 Å². The predicted molar refractivity (Wildman–Crippen MR) is 72.2 cm³/mol. The van der Waals surface area contributed by atoms with Crippen molar-refractivity contribution in [1.29, 1.82) is 0 Å². The van der Waals surface area contributed by atoms with E-state index in [1.807, 2.05) is 13.2 Å². The van der Waals surface area contributed by atoms with Crippen LogP contribution in [0.4, 0.5) is 5.82 Å². The van der Waals surface area contributed by atoms with Gasteiger partial charge in [0, 0.05) is 25.8 Å². The molecule has 0 radical (unpaired) electrons. The van der Waals surface area contributed by atoms with Crippen LogP contribution >= 0.6 is 0 Å². The van der Waals surface area contributed by atoms with Crippen LogP contribution < -0.4 is 5.32 Å². The van der Waals surface area contributed by atoms with Gasteiger partial charge in [-0.1, -0.05) is 19.9 Å². The maximum absolute atomic E-state index is 4.42. The van der Waals surface area contributed by atoms with Crippen molar-refractivity contribution in [1.82, 2.24) is 9.88 Å². The predicted octanol–water partition coefficient (Wildman–Crippen LogP) is 2.92. The summed E-state index contributed by atoms with van der Waals surface area (Å²) in [7, 11) is 1.91. The first-order valence-electron chi connectivity index (χ1n) is 6.58. The summed E-state index contributed by atoms with van der Waals surface area (Å²) in [6.45, 7) is 7.00. The molecule has 1 N–H and O–H groups in total. The molecule has 0 spiro atoms. The van der Waals surface area contributed by atoms with Gasteiger partial charge < -0.3 is 5.32 Å². The molecule has 94 valence electrons. The van der Waals surface area contributed by atoms with Gasteiger partial charge in [-0.05, 0) is 36.9 Å². The Morgan fingerprint density at radius 2 is 2.29 bits per heavy atom. The molecule has 0 aliphatic carbocycles. The first-order chi connectivity index (χ1) is 8.20. The van der Waals surface area contributed by atoms with Crippen molar-refractivity contribution in [3.8, 4) is 0 Å². The lowest BCUT2D eigenvalue weighted by molar-refractivity contribution is 0.228. The van der Waals surface area contributed by atoms with Crippen molar-refractivity contribution in [2.75, 3.05) is 25.5 Å². The third kappa shape index (κ3) is 2.97. The molecule has 1 saturated heterocycles. The second kappa shape index (κ2) is 5.50. The number of pyridine rings is 1. The van der Waals surface area contributed by atoms with E-state index in [1.165, 1.54) is 31.5 Å². The Morgan fingerprint density at radius 1 is 1.47 bits per heavy atom. The number of nitrogens with zero attached hydrogens (tertiary/aromatic N) is 2. The van der Waals surface area contributed by atoms with Gasteiger partial charge in [0.15, 0.2) is 0 Å². The van der Waals surface area contributed by atoms with Crippen LogP contribution in [0.1, 0.15) is 38.3 Å². The Kier molecular flexibility index (Phi) is 4.00. The van der Waals surface area contributed by atoms with Gasteiger partial charge in [-0.15, -0.1) is 0 Å². The Labute approximate surface area is 104 Å². The summed E-state index contributed by atoms with van der Waals surface area (Å²) in [6, 6.07) is 4.86. The molecular weight excluding hydrogens is 210 g/mol. The molecule has 1 fully saturated rings. The molecule has 0 bridgehead atoms. The number of rotatable bonds is 4. The van der Waals surface area contributed by atoms with Crippen molar-refractivity contribution in [3.05, 3.63) is 23.9 Å². The largest absolute Gasteiger partial charge is 0.373 e. The van der Waals surface area contributed by atoms with Crippen LogP contribution in [0.3, 0.4) is 0 Å². The molecule has 0 saturated carbocycles. The van der Waals surface area contributed by atoms with E-state index in [4.69, 9.17) is 0 Å². The van der Waals surface area contributed by atoms with Gasteiger partial charge >= 0.3 is 0 Å². The molecule has 1 aromatic rings. The van der Waals surface area contributed by atoms with Crippen LogP contribution in [0.25, 0.3) is 0 Å². The van der Waals surface area contributed by atoms with Crippen LogP contribution in [-0.4, -0.2) is 30.0 Å². The first-order valence-corrected chi connectivity index (χ1v) is 6.58. The van der Waals surface area contributed by atoms with Crippen LogP contribution in [0.5, 0.6) is 0 Å². The quantitative estimate of drug-likeness (QED) is 0.866. The molecule has 3 nitrogen and oxygen atoms in total. The normalized spacial score (nSPS) is 21.1.